The molecule has 1 N–H and O–H groups in total. The fourth-order valence-electron chi connectivity index (χ4n) is 4.90. The van der Waals surface area contributed by atoms with Crippen molar-refractivity contribution in [1.29, 1.82) is 0 Å². The highest BCUT2D eigenvalue weighted by Crippen LogP contribution is 2.33. The Morgan fingerprint density at radius 1 is 1.00 bits per heavy atom. The molecule has 4 rings (SSSR count). The Labute approximate surface area is 223 Å². The van der Waals surface area contributed by atoms with E-state index in [0.29, 0.717) is 0 Å². The minimum Gasteiger partial charge on any atom is -0.366 e. The predicted octanol–water partition coefficient (Wildman–Crippen LogP) is 9.39. The van der Waals surface area contributed by atoms with E-state index < -0.39 is 0 Å². The molecule has 0 amide bonds. The fraction of sp³-hybridized carbons (Fsp3) is 0.257. The van der Waals surface area contributed by atoms with Gasteiger partial charge >= 0.3 is 0 Å². The Bertz CT molecular complexity index is 1280. The van der Waals surface area contributed by atoms with Crippen molar-refractivity contribution in [3.63, 3.8) is 0 Å². The van der Waals surface area contributed by atoms with Crippen LogP contribution < -0.4 is 5.32 Å². The molecule has 37 heavy (non-hydrogen) atoms. The van der Waals surface area contributed by atoms with Gasteiger partial charge in [-0.2, -0.15) is 0 Å². The Balaban J connectivity index is 1.84. The average molecular weight is 489 g/mol. The lowest BCUT2D eigenvalue weighted by Crippen LogP contribution is -2.24. The molecular formula is C35H40N2. The molecule has 190 valence electrons. The van der Waals surface area contributed by atoms with Crippen LogP contribution in [-0.4, -0.2) is 11.4 Å². The van der Waals surface area contributed by atoms with E-state index >= 15 is 0 Å². The minimum atomic E-state index is 0.878. The number of rotatable bonds is 10. The first-order valence-electron chi connectivity index (χ1n) is 13.6. The molecule has 0 radical (unpaired) electrons. The summed E-state index contributed by atoms with van der Waals surface area (Å²) >= 11 is 0. The number of unbranched alkanes of at least 4 members (excludes halogenated alkanes) is 2. The normalized spacial score (nSPS) is 14.0. The smallest absolute Gasteiger partial charge is 0.0537 e. The maximum Gasteiger partial charge on any atom is 0.0537 e. The van der Waals surface area contributed by atoms with Crippen LogP contribution in [-0.2, 0) is 6.54 Å². The Morgan fingerprint density at radius 3 is 2.43 bits per heavy atom. The van der Waals surface area contributed by atoms with Gasteiger partial charge in [-0.15, -0.1) is 0 Å². The zero-order chi connectivity index (χ0) is 26.0. The highest BCUT2D eigenvalue weighted by molar-refractivity contribution is 5.77. The molecule has 0 aromatic heterocycles. The summed E-state index contributed by atoms with van der Waals surface area (Å²) in [5, 5.41) is 3.83. The summed E-state index contributed by atoms with van der Waals surface area (Å²) in [6, 6.07) is 28.3. The summed E-state index contributed by atoms with van der Waals surface area (Å²) in [5.41, 5.74) is 10.9. The van der Waals surface area contributed by atoms with Gasteiger partial charge in [0.25, 0.3) is 0 Å². The maximum atomic E-state index is 4.20. The second-order valence-corrected chi connectivity index (χ2v) is 9.92. The lowest BCUT2D eigenvalue weighted by atomic mass is 9.99. The average Bonchev–Trinajstić information content (AvgIpc) is 3.12. The lowest BCUT2D eigenvalue weighted by molar-refractivity contribution is 0.398. The van der Waals surface area contributed by atoms with E-state index in [1.165, 1.54) is 52.1 Å². The lowest BCUT2D eigenvalue weighted by Gasteiger charge is -2.29. The molecule has 3 aromatic carbocycles. The molecule has 0 atom stereocenters. The maximum absolute atomic E-state index is 4.20. The number of allylic oxidation sites excluding steroid dienone is 3. The quantitative estimate of drug-likeness (QED) is 0.286. The van der Waals surface area contributed by atoms with E-state index in [4.69, 9.17) is 0 Å². The predicted molar refractivity (Wildman–Crippen MR) is 161 cm³/mol. The van der Waals surface area contributed by atoms with Gasteiger partial charge in [-0.25, -0.2) is 0 Å². The second-order valence-electron chi connectivity index (χ2n) is 9.92. The van der Waals surface area contributed by atoms with Crippen LogP contribution in [0.5, 0.6) is 0 Å². The van der Waals surface area contributed by atoms with Gasteiger partial charge in [0.15, 0.2) is 0 Å². The number of benzene rings is 3. The van der Waals surface area contributed by atoms with Crippen molar-refractivity contribution in [2.24, 2.45) is 0 Å². The van der Waals surface area contributed by atoms with Gasteiger partial charge in [0, 0.05) is 30.0 Å². The second kappa shape index (κ2) is 13.0. The Kier molecular flexibility index (Phi) is 9.21. The van der Waals surface area contributed by atoms with Crippen molar-refractivity contribution in [2.75, 3.05) is 11.9 Å². The first-order valence-corrected chi connectivity index (χ1v) is 13.6. The third-order valence-electron chi connectivity index (χ3n) is 6.86. The highest BCUT2D eigenvalue weighted by atomic mass is 15.1. The first kappa shape index (κ1) is 26.3. The van der Waals surface area contributed by atoms with Crippen LogP contribution in [0.4, 0.5) is 5.69 Å². The van der Waals surface area contributed by atoms with Gasteiger partial charge in [0.1, 0.15) is 0 Å². The number of nitrogens with one attached hydrogen (secondary N) is 1. The van der Waals surface area contributed by atoms with Crippen LogP contribution in [0.3, 0.4) is 0 Å². The number of anilines is 1. The van der Waals surface area contributed by atoms with Crippen LogP contribution in [0, 0.1) is 6.92 Å². The molecule has 0 bridgehead atoms. The number of nitrogens with zero attached hydrogens (tertiary/aromatic N) is 1. The summed E-state index contributed by atoms with van der Waals surface area (Å²) in [6.45, 7) is 12.5. The van der Waals surface area contributed by atoms with Crippen molar-refractivity contribution in [1.82, 2.24) is 4.90 Å². The molecule has 0 aliphatic carbocycles. The molecular weight excluding hydrogens is 448 g/mol. The largest absolute Gasteiger partial charge is 0.366 e. The van der Waals surface area contributed by atoms with Gasteiger partial charge in [0.05, 0.1) is 5.70 Å². The van der Waals surface area contributed by atoms with Crippen LogP contribution in [0.2, 0.25) is 0 Å². The monoisotopic (exact) mass is 488 g/mol. The van der Waals surface area contributed by atoms with Gasteiger partial charge in [0.2, 0.25) is 0 Å². The molecule has 2 nitrogen and oxygen atoms in total. The standard InChI is InChI=1S/C35H40N2/c1-5-6-9-21-34(36-31-23-22-28(4)33(25-31)27(2)3)32-20-14-15-24-37(26-29-16-10-7-11-17-29)35(32)30-18-12-8-13-19-30/h7-8,10-14,16-23,25,36H,2,5-6,9,15,24,26H2,1,3-4H3/b34-21-. The fourth-order valence-corrected chi connectivity index (χ4v) is 4.90. The van der Waals surface area contributed by atoms with E-state index in [2.05, 4.69) is 135 Å². The highest BCUT2D eigenvalue weighted by Gasteiger charge is 2.21. The van der Waals surface area contributed by atoms with Crippen molar-refractivity contribution >= 4 is 17.0 Å². The molecule has 1 aliphatic rings. The van der Waals surface area contributed by atoms with Crippen LogP contribution >= 0.6 is 0 Å². The number of aryl methyl sites for hydroxylation is 1. The van der Waals surface area contributed by atoms with E-state index in [-0.39, 0.29) is 0 Å². The van der Waals surface area contributed by atoms with Gasteiger partial charge in [-0.1, -0.05) is 110 Å². The van der Waals surface area contributed by atoms with Gasteiger partial charge < -0.3 is 10.2 Å². The van der Waals surface area contributed by atoms with Gasteiger partial charge in [-0.05, 0) is 67.5 Å². The van der Waals surface area contributed by atoms with E-state index in [1.54, 1.807) is 0 Å². The summed E-state index contributed by atoms with van der Waals surface area (Å²) in [7, 11) is 0. The summed E-state index contributed by atoms with van der Waals surface area (Å²) < 4.78 is 0. The van der Waals surface area contributed by atoms with E-state index in [0.717, 1.165) is 37.2 Å². The third kappa shape index (κ3) is 6.92. The third-order valence-corrected chi connectivity index (χ3v) is 6.86. The minimum absolute atomic E-state index is 0.878. The molecule has 0 saturated carbocycles. The van der Waals surface area contributed by atoms with Crippen molar-refractivity contribution in [3.05, 3.63) is 137 Å². The van der Waals surface area contributed by atoms with E-state index in [9.17, 15) is 0 Å². The molecule has 0 saturated heterocycles. The number of hydrogen-bond acceptors (Lipinski definition) is 2. The molecule has 1 aliphatic heterocycles. The Hall–Kier alpha value is -3.78. The molecule has 0 spiro atoms. The van der Waals surface area contributed by atoms with Crippen LogP contribution in [0.15, 0.2) is 115 Å². The molecule has 1 heterocycles. The SMILES string of the molecule is C=C(C)c1cc(N/C(=C\CCCC)C2=C(c3ccccc3)N(Cc3ccccc3)CCC=C2)ccc1C. The Morgan fingerprint density at radius 2 is 1.73 bits per heavy atom. The van der Waals surface area contributed by atoms with Gasteiger partial charge in [-0.3, -0.25) is 0 Å². The van der Waals surface area contributed by atoms with Crippen molar-refractivity contribution in [3.8, 4) is 0 Å². The summed E-state index contributed by atoms with van der Waals surface area (Å²) in [5.74, 6) is 0. The first-order chi connectivity index (χ1) is 18.1. The van der Waals surface area contributed by atoms with E-state index in [1.807, 2.05) is 0 Å². The van der Waals surface area contributed by atoms with Crippen molar-refractivity contribution in [2.45, 2.75) is 53.0 Å². The topological polar surface area (TPSA) is 15.3 Å². The van der Waals surface area contributed by atoms with Crippen LogP contribution in [0.1, 0.15) is 61.8 Å². The zero-order valence-electron chi connectivity index (χ0n) is 22.6. The molecule has 2 heteroatoms. The zero-order valence-corrected chi connectivity index (χ0v) is 22.6. The molecule has 0 fully saturated rings. The van der Waals surface area contributed by atoms with Crippen LogP contribution in [0.25, 0.3) is 11.3 Å². The van der Waals surface area contributed by atoms with Crippen molar-refractivity contribution < 1.29 is 0 Å². The number of hydrogen-bond donors (Lipinski definition) is 1. The summed E-state index contributed by atoms with van der Waals surface area (Å²) in [4.78, 5) is 2.55. The summed E-state index contributed by atoms with van der Waals surface area (Å²) in [6.07, 6.45) is 11.4. The molecule has 0 unspecified atom stereocenters. The molecule has 3 aromatic rings.